The van der Waals surface area contributed by atoms with E-state index in [2.05, 4.69) is 0 Å². The third-order valence-electron chi connectivity index (χ3n) is 5.05. The molecule has 152 valence electrons. The minimum absolute atomic E-state index is 0.0385. The van der Waals surface area contributed by atoms with E-state index >= 15 is 0 Å². The fraction of sp³-hybridized carbons (Fsp3) is 0.318. The van der Waals surface area contributed by atoms with Gasteiger partial charge in [0.15, 0.2) is 6.61 Å². The van der Waals surface area contributed by atoms with Crippen molar-refractivity contribution in [2.45, 2.75) is 12.8 Å². The van der Waals surface area contributed by atoms with E-state index in [0.717, 1.165) is 24.0 Å². The number of amidine groups is 1. The molecular formula is C22H25N3O4. The molecule has 7 nitrogen and oxygen atoms in total. The molecule has 29 heavy (non-hydrogen) atoms. The van der Waals surface area contributed by atoms with Crippen LogP contribution < -0.4 is 10.5 Å². The van der Waals surface area contributed by atoms with Crippen LogP contribution in [-0.4, -0.2) is 49.4 Å². The summed E-state index contributed by atoms with van der Waals surface area (Å²) >= 11 is 0. The van der Waals surface area contributed by atoms with Gasteiger partial charge in [-0.1, -0.05) is 36.4 Å². The van der Waals surface area contributed by atoms with Crippen molar-refractivity contribution >= 4 is 17.7 Å². The molecule has 0 saturated carbocycles. The molecule has 1 fully saturated rings. The maximum atomic E-state index is 12.4. The zero-order valence-electron chi connectivity index (χ0n) is 16.4. The highest BCUT2D eigenvalue weighted by atomic mass is 16.5. The van der Waals surface area contributed by atoms with Gasteiger partial charge in [0, 0.05) is 18.7 Å². The van der Waals surface area contributed by atoms with Crippen LogP contribution in [0.25, 0.3) is 11.1 Å². The summed E-state index contributed by atoms with van der Waals surface area (Å²) in [5.74, 6) is -0.0234. The number of nitrogen functional groups attached to an aromatic ring is 1. The molecule has 3 N–H and O–H groups in total. The van der Waals surface area contributed by atoms with Gasteiger partial charge in [0.1, 0.15) is 11.6 Å². The molecule has 1 aliphatic heterocycles. The number of nitrogens with one attached hydrogen (secondary N) is 1. The Hall–Kier alpha value is -3.35. The van der Waals surface area contributed by atoms with E-state index in [0.29, 0.717) is 24.4 Å². The standard InChI is InChI=1S/C22H25N3O4/c1-28-22(27)18-3-2-12-25(13-18)20(26)14-29-19-10-8-16(9-11-19)15-4-6-17(7-5-15)21(23)24/h4-11,18H,2-3,12-14H2,1H3,(H3,23,24). The van der Waals surface area contributed by atoms with Gasteiger partial charge in [0.25, 0.3) is 5.91 Å². The molecule has 1 heterocycles. The number of benzene rings is 2. The first-order chi connectivity index (χ1) is 14.0. The van der Waals surface area contributed by atoms with Crippen LogP contribution in [0.2, 0.25) is 0 Å². The quantitative estimate of drug-likeness (QED) is 0.444. The van der Waals surface area contributed by atoms with E-state index < -0.39 is 0 Å². The lowest BCUT2D eigenvalue weighted by molar-refractivity contribution is -0.149. The Kier molecular flexibility index (Phi) is 6.49. The third-order valence-corrected chi connectivity index (χ3v) is 5.05. The summed E-state index contributed by atoms with van der Waals surface area (Å²) in [4.78, 5) is 25.8. The number of carbonyl (C=O) groups excluding carboxylic acids is 2. The largest absolute Gasteiger partial charge is 0.484 e. The fourth-order valence-corrected chi connectivity index (χ4v) is 3.38. The Morgan fingerprint density at radius 3 is 2.31 bits per heavy atom. The monoisotopic (exact) mass is 395 g/mol. The Balaban J connectivity index is 1.55. The van der Waals surface area contributed by atoms with Crippen LogP contribution in [0.3, 0.4) is 0 Å². The summed E-state index contributed by atoms with van der Waals surface area (Å²) in [6.45, 7) is 0.940. The maximum absolute atomic E-state index is 12.4. The smallest absolute Gasteiger partial charge is 0.310 e. The number of nitrogens with two attached hydrogens (primary N) is 1. The number of piperidine rings is 1. The summed E-state index contributed by atoms with van der Waals surface area (Å²) in [6.07, 6.45) is 1.52. The van der Waals surface area contributed by atoms with Crippen LogP contribution >= 0.6 is 0 Å². The molecule has 0 bridgehead atoms. The fourth-order valence-electron chi connectivity index (χ4n) is 3.38. The number of rotatable bonds is 6. The van der Waals surface area contributed by atoms with Crippen molar-refractivity contribution in [3.8, 4) is 16.9 Å². The molecule has 1 saturated heterocycles. The van der Waals surface area contributed by atoms with Crippen molar-refractivity contribution < 1.29 is 19.1 Å². The molecule has 2 aromatic rings. The Bertz CT molecular complexity index is 878. The highest BCUT2D eigenvalue weighted by molar-refractivity contribution is 5.95. The van der Waals surface area contributed by atoms with Crippen LogP contribution in [0, 0.1) is 11.3 Å². The summed E-state index contributed by atoms with van der Waals surface area (Å²) in [5, 5.41) is 7.44. The Morgan fingerprint density at radius 1 is 1.10 bits per heavy atom. The molecule has 1 atom stereocenters. The number of nitrogens with zero attached hydrogens (tertiary/aromatic N) is 1. The summed E-state index contributed by atoms with van der Waals surface area (Å²) in [5.41, 5.74) is 8.15. The number of hydrogen-bond acceptors (Lipinski definition) is 5. The number of likely N-dealkylation sites (tertiary alicyclic amines) is 1. The molecule has 0 spiro atoms. The molecule has 0 radical (unpaired) electrons. The molecule has 2 aromatic carbocycles. The molecule has 0 aliphatic carbocycles. The lowest BCUT2D eigenvalue weighted by atomic mass is 9.98. The number of methoxy groups -OCH3 is 1. The maximum Gasteiger partial charge on any atom is 0.310 e. The van der Waals surface area contributed by atoms with Gasteiger partial charge in [-0.25, -0.2) is 0 Å². The molecule has 1 unspecified atom stereocenters. The minimum atomic E-state index is -0.268. The second kappa shape index (κ2) is 9.23. The van der Waals surface area contributed by atoms with Gasteiger partial charge in [0.2, 0.25) is 0 Å². The van der Waals surface area contributed by atoms with Crippen molar-refractivity contribution in [1.29, 1.82) is 5.41 Å². The van der Waals surface area contributed by atoms with Crippen LogP contribution in [0.15, 0.2) is 48.5 Å². The van der Waals surface area contributed by atoms with E-state index in [1.807, 2.05) is 36.4 Å². The molecule has 0 aromatic heterocycles. The second-order valence-corrected chi connectivity index (χ2v) is 7.01. The van der Waals surface area contributed by atoms with Gasteiger partial charge < -0.3 is 20.1 Å². The van der Waals surface area contributed by atoms with Gasteiger partial charge in [-0.3, -0.25) is 15.0 Å². The van der Waals surface area contributed by atoms with Gasteiger partial charge in [-0.05, 0) is 36.1 Å². The SMILES string of the molecule is COC(=O)C1CCCN(C(=O)COc2ccc(-c3ccc(C(=N)N)cc3)cc2)C1. The van der Waals surface area contributed by atoms with E-state index in [1.54, 1.807) is 17.0 Å². The highest BCUT2D eigenvalue weighted by Crippen LogP contribution is 2.23. The van der Waals surface area contributed by atoms with E-state index in [1.165, 1.54) is 7.11 Å². The van der Waals surface area contributed by atoms with E-state index in [-0.39, 0.29) is 30.2 Å². The van der Waals surface area contributed by atoms with Gasteiger partial charge in [-0.2, -0.15) is 0 Å². The van der Waals surface area contributed by atoms with Gasteiger partial charge in [-0.15, -0.1) is 0 Å². The van der Waals surface area contributed by atoms with Crippen LogP contribution in [0.1, 0.15) is 18.4 Å². The zero-order valence-corrected chi connectivity index (χ0v) is 16.4. The Morgan fingerprint density at radius 2 is 1.72 bits per heavy atom. The summed E-state index contributed by atoms with van der Waals surface area (Å²) in [6, 6.07) is 14.9. The summed E-state index contributed by atoms with van der Waals surface area (Å²) < 4.78 is 10.4. The number of esters is 1. The topological polar surface area (TPSA) is 106 Å². The molecule has 3 rings (SSSR count). The normalized spacial score (nSPS) is 16.2. The third kappa shape index (κ3) is 5.13. The van der Waals surface area contributed by atoms with Crippen LogP contribution in [0.4, 0.5) is 0 Å². The first-order valence-corrected chi connectivity index (χ1v) is 9.51. The molecule has 7 heteroatoms. The molecular weight excluding hydrogens is 370 g/mol. The average Bonchev–Trinajstić information content (AvgIpc) is 2.77. The van der Waals surface area contributed by atoms with Crippen molar-refractivity contribution in [1.82, 2.24) is 4.90 Å². The van der Waals surface area contributed by atoms with E-state index in [4.69, 9.17) is 20.6 Å². The molecule has 1 aliphatic rings. The first-order valence-electron chi connectivity index (χ1n) is 9.51. The van der Waals surface area contributed by atoms with E-state index in [9.17, 15) is 9.59 Å². The van der Waals surface area contributed by atoms with Gasteiger partial charge in [0.05, 0.1) is 13.0 Å². The lowest BCUT2D eigenvalue weighted by Gasteiger charge is -2.31. The van der Waals surface area contributed by atoms with Crippen LogP contribution in [-0.2, 0) is 14.3 Å². The Labute approximate surface area is 169 Å². The van der Waals surface area contributed by atoms with Crippen molar-refractivity contribution in [3.05, 3.63) is 54.1 Å². The number of carbonyl (C=O) groups is 2. The first kappa shape index (κ1) is 20.4. The van der Waals surface area contributed by atoms with Crippen LogP contribution in [0.5, 0.6) is 5.75 Å². The second-order valence-electron chi connectivity index (χ2n) is 7.01. The van der Waals surface area contributed by atoms with Crippen molar-refractivity contribution in [2.24, 2.45) is 11.7 Å². The number of amides is 1. The number of ether oxygens (including phenoxy) is 2. The highest BCUT2D eigenvalue weighted by Gasteiger charge is 2.29. The predicted octanol–water partition coefficient (Wildman–Crippen LogP) is 2.43. The van der Waals surface area contributed by atoms with Crippen molar-refractivity contribution in [3.63, 3.8) is 0 Å². The minimum Gasteiger partial charge on any atom is -0.484 e. The van der Waals surface area contributed by atoms with Gasteiger partial charge >= 0.3 is 5.97 Å². The average molecular weight is 395 g/mol. The molecule has 1 amide bonds. The lowest BCUT2D eigenvalue weighted by Crippen LogP contribution is -2.44. The predicted molar refractivity (Wildman–Crippen MR) is 110 cm³/mol. The van der Waals surface area contributed by atoms with Crippen molar-refractivity contribution in [2.75, 3.05) is 26.8 Å². The number of hydrogen-bond donors (Lipinski definition) is 2. The summed E-state index contributed by atoms with van der Waals surface area (Å²) in [7, 11) is 1.37. The zero-order chi connectivity index (χ0) is 20.8.